The van der Waals surface area contributed by atoms with Gasteiger partial charge in [0.2, 0.25) is 0 Å². The average Bonchev–Trinajstić information content (AvgIpc) is 3.27. The van der Waals surface area contributed by atoms with Crippen LogP contribution in [-0.4, -0.2) is 72.2 Å². The molecule has 164 valence electrons. The lowest BCUT2D eigenvalue weighted by atomic mass is 9.92. The summed E-state index contributed by atoms with van der Waals surface area (Å²) in [7, 11) is 0. The van der Waals surface area contributed by atoms with Crippen LogP contribution in [0.1, 0.15) is 48.4 Å². The second-order valence-electron chi connectivity index (χ2n) is 8.77. The summed E-state index contributed by atoms with van der Waals surface area (Å²) in [6.07, 6.45) is 6.65. The zero-order chi connectivity index (χ0) is 21.5. The highest BCUT2D eigenvalue weighted by molar-refractivity contribution is 5.76. The Labute approximate surface area is 185 Å². The number of urea groups is 1. The standard InChI is InChI=1S/C22H24N8O2/c31-22(28-10-8-18(13-28)30-14-24-26-27-30)29-11-17(12-29)15-3-5-19(6-4-15)32-21-23-9-7-20(25-21)16-1-2-16/h3-7,9,14,16-18H,1-2,8,10-13H2/t18-/m0/s1. The van der Waals surface area contributed by atoms with E-state index in [-0.39, 0.29) is 12.1 Å². The van der Waals surface area contributed by atoms with Crippen molar-refractivity contribution in [3.63, 3.8) is 0 Å². The van der Waals surface area contributed by atoms with E-state index in [0.717, 1.165) is 37.5 Å². The molecule has 0 spiro atoms. The summed E-state index contributed by atoms with van der Waals surface area (Å²) < 4.78 is 7.58. The van der Waals surface area contributed by atoms with E-state index >= 15 is 0 Å². The van der Waals surface area contributed by atoms with Gasteiger partial charge >= 0.3 is 12.0 Å². The lowest BCUT2D eigenvalue weighted by Gasteiger charge is -2.41. The van der Waals surface area contributed by atoms with Crippen LogP contribution in [0.2, 0.25) is 0 Å². The monoisotopic (exact) mass is 432 g/mol. The number of carbonyl (C=O) groups excluding carboxylic acids is 1. The second kappa shape index (κ2) is 7.85. The fourth-order valence-corrected chi connectivity index (χ4v) is 4.44. The molecule has 1 aliphatic carbocycles. The van der Waals surface area contributed by atoms with Gasteiger partial charge in [-0.1, -0.05) is 12.1 Å². The lowest BCUT2D eigenvalue weighted by molar-refractivity contribution is 0.120. The maximum Gasteiger partial charge on any atom is 0.322 e. The molecule has 0 radical (unpaired) electrons. The highest BCUT2D eigenvalue weighted by Gasteiger charge is 2.37. The molecule has 4 heterocycles. The molecule has 2 saturated heterocycles. The number of nitrogens with zero attached hydrogens (tertiary/aromatic N) is 8. The zero-order valence-electron chi connectivity index (χ0n) is 17.6. The third-order valence-corrected chi connectivity index (χ3v) is 6.54. The summed E-state index contributed by atoms with van der Waals surface area (Å²) in [5.41, 5.74) is 2.27. The molecule has 2 amide bonds. The van der Waals surface area contributed by atoms with E-state index in [2.05, 4.69) is 37.6 Å². The fraction of sp³-hybridized carbons (Fsp3) is 0.455. The van der Waals surface area contributed by atoms with Crippen molar-refractivity contribution in [1.82, 2.24) is 40.0 Å². The Morgan fingerprint density at radius 3 is 2.56 bits per heavy atom. The number of amides is 2. The first-order valence-corrected chi connectivity index (χ1v) is 11.1. The van der Waals surface area contributed by atoms with Crippen molar-refractivity contribution >= 4 is 6.03 Å². The van der Waals surface area contributed by atoms with Gasteiger partial charge in [0.05, 0.1) is 11.7 Å². The average molecular weight is 432 g/mol. The number of aromatic nitrogens is 6. The summed E-state index contributed by atoms with van der Waals surface area (Å²) in [5, 5.41) is 11.3. The van der Waals surface area contributed by atoms with Crippen LogP contribution >= 0.6 is 0 Å². The molecule has 2 aliphatic heterocycles. The molecule has 10 heteroatoms. The van der Waals surface area contributed by atoms with Crippen LogP contribution < -0.4 is 4.74 Å². The molecular weight excluding hydrogens is 408 g/mol. The zero-order valence-corrected chi connectivity index (χ0v) is 17.6. The van der Waals surface area contributed by atoms with E-state index in [1.54, 1.807) is 17.2 Å². The minimum absolute atomic E-state index is 0.101. The Hall–Kier alpha value is -3.56. The van der Waals surface area contributed by atoms with Crippen LogP contribution in [0.3, 0.4) is 0 Å². The van der Waals surface area contributed by atoms with E-state index in [1.165, 1.54) is 18.4 Å². The Bertz CT molecular complexity index is 1090. The summed E-state index contributed by atoms with van der Waals surface area (Å²) >= 11 is 0. The molecule has 6 rings (SSSR count). The Morgan fingerprint density at radius 2 is 1.81 bits per heavy atom. The molecule has 1 atom stereocenters. The number of hydrogen-bond donors (Lipinski definition) is 0. The van der Waals surface area contributed by atoms with E-state index in [9.17, 15) is 4.79 Å². The maximum absolute atomic E-state index is 12.8. The first-order chi connectivity index (χ1) is 15.7. The fourth-order valence-electron chi connectivity index (χ4n) is 4.44. The highest BCUT2D eigenvalue weighted by Crippen LogP contribution is 2.39. The van der Waals surface area contributed by atoms with Gasteiger partial charge in [-0.05, 0) is 53.5 Å². The maximum atomic E-state index is 12.8. The van der Waals surface area contributed by atoms with E-state index < -0.39 is 0 Å². The Kier molecular flexibility index (Phi) is 4.70. The second-order valence-corrected chi connectivity index (χ2v) is 8.77. The van der Waals surface area contributed by atoms with Gasteiger partial charge in [-0.2, -0.15) is 4.98 Å². The van der Waals surface area contributed by atoms with Gasteiger partial charge in [0, 0.05) is 44.2 Å². The van der Waals surface area contributed by atoms with Gasteiger partial charge in [0.1, 0.15) is 12.1 Å². The van der Waals surface area contributed by atoms with Gasteiger partial charge in [0.15, 0.2) is 0 Å². The molecule has 0 unspecified atom stereocenters. The minimum atomic E-state index is 0.101. The summed E-state index contributed by atoms with van der Waals surface area (Å²) in [5.74, 6) is 1.64. The highest BCUT2D eigenvalue weighted by atomic mass is 16.5. The minimum Gasteiger partial charge on any atom is -0.424 e. The van der Waals surface area contributed by atoms with Gasteiger partial charge in [-0.25, -0.2) is 14.5 Å². The SMILES string of the molecule is O=C(N1CC(c2ccc(Oc3nccc(C4CC4)n3)cc2)C1)N1CC[C@H](n2cnnn2)C1. The molecule has 1 aromatic carbocycles. The first-order valence-electron chi connectivity index (χ1n) is 11.1. The molecule has 32 heavy (non-hydrogen) atoms. The summed E-state index contributed by atoms with van der Waals surface area (Å²) in [4.78, 5) is 25.4. The number of ether oxygens (including phenoxy) is 1. The normalized spacial score (nSPS) is 20.9. The van der Waals surface area contributed by atoms with E-state index in [4.69, 9.17) is 4.74 Å². The van der Waals surface area contributed by atoms with Crippen LogP contribution in [0.4, 0.5) is 4.79 Å². The number of carbonyl (C=O) groups is 1. The third-order valence-electron chi connectivity index (χ3n) is 6.54. The lowest BCUT2D eigenvalue weighted by Crippen LogP contribution is -2.53. The molecular formula is C22H24N8O2. The number of likely N-dealkylation sites (tertiary alicyclic amines) is 2. The molecule has 2 aromatic heterocycles. The van der Waals surface area contributed by atoms with Gasteiger partial charge in [-0.15, -0.1) is 5.10 Å². The number of benzene rings is 1. The van der Waals surface area contributed by atoms with E-state index in [1.807, 2.05) is 28.0 Å². The number of tetrazole rings is 1. The molecule has 3 aromatic rings. The van der Waals surface area contributed by atoms with Crippen LogP contribution in [0.25, 0.3) is 0 Å². The van der Waals surface area contributed by atoms with Gasteiger partial charge < -0.3 is 14.5 Å². The van der Waals surface area contributed by atoms with Crippen molar-refractivity contribution in [3.8, 4) is 11.8 Å². The number of rotatable bonds is 5. The molecule has 3 fully saturated rings. The van der Waals surface area contributed by atoms with E-state index in [0.29, 0.717) is 24.4 Å². The molecule has 0 bridgehead atoms. The quantitative estimate of drug-likeness (QED) is 0.611. The molecule has 0 N–H and O–H groups in total. The van der Waals surface area contributed by atoms with Crippen molar-refractivity contribution in [1.29, 1.82) is 0 Å². The van der Waals surface area contributed by atoms with Gasteiger partial charge in [-0.3, -0.25) is 0 Å². The van der Waals surface area contributed by atoms with Crippen molar-refractivity contribution < 1.29 is 9.53 Å². The van der Waals surface area contributed by atoms with Crippen LogP contribution in [0.15, 0.2) is 42.9 Å². The Morgan fingerprint density at radius 1 is 0.969 bits per heavy atom. The molecule has 10 nitrogen and oxygen atoms in total. The van der Waals surface area contributed by atoms with Crippen molar-refractivity contribution in [2.24, 2.45) is 0 Å². The number of hydrogen-bond acceptors (Lipinski definition) is 7. The van der Waals surface area contributed by atoms with Crippen molar-refractivity contribution in [2.45, 2.75) is 37.1 Å². The van der Waals surface area contributed by atoms with Crippen LogP contribution in [0, 0.1) is 0 Å². The first kappa shape index (κ1) is 19.1. The summed E-state index contributed by atoms with van der Waals surface area (Å²) in [6.45, 7) is 2.86. The molecule has 3 aliphatic rings. The molecule has 1 saturated carbocycles. The smallest absolute Gasteiger partial charge is 0.322 e. The predicted octanol–water partition coefficient (Wildman–Crippen LogP) is 2.60. The largest absolute Gasteiger partial charge is 0.424 e. The van der Waals surface area contributed by atoms with Crippen LogP contribution in [-0.2, 0) is 0 Å². The van der Waals surface area contributed by atoms with Crippen molar-refractivity contribution in [3.05, 3.63) is 54.1 Å². The predicted molar refractivity (Wildman–Crippen MR) is 113 cm³/mol. The van der Waals surface area contributed by atoms with Gasteiger partial charge in [0.25, 0.3) is 0 Å². The summed E-state index contributed by atoms with van der Waals surface area (Å²) in [6, 6.07) is 10.6. The van der Waals surface area contributed by atoms with Crippen molar-refractivity contribution in [2.75, 3.05) is 26.2 Å². The Balaban J connectivity index is 1.02. The topological polar surface area (TPSA) is 102 Å². The third kappa shape index (κ3) is 3.76. The van der Waals surface area contributed by atoms with Crippen LogP contribution in [0.5, 0.6) is 11.8 Å².